The molecule has 2 aromatic carbocycles. The van der Waals surface area contributed by atoms with Crippen LogP contribution < -0.4 is 0 Å². The molecule has 0 spiro atoms. The molecule has 0 fully saturated rings. The summed E-state index contributed by atoms with van der Waals surface area (Å²) in [5.41, 5.74) is 4.84. The molecule has 0 aliphatic carbocycles. The minimum atomic E-state index is 1.07. The van der Waals surface area contributed by atoms with Crippen molar-refractivity contribution in [1.29, 1.82) is 0 Å². The van der Waals surface area contributed by atoms with Crippen LogP contribution in [0.2, 0.25) is 0 Å². The summed E-state index contributed by atoms with van der Waals surface area (Å²) >= 11 is 0. The lowest BCUT2D eigenvalue weighted by atomic mass is 10.1. The molecular formula is C16H16Si. The van der Waals surface area contributed by atoms with Gasteiger partial charge < -0.3 is 0 Å². The SMILES string of the molecule is Cc1ccc(C#Cc2ccc(C[SiH3])cc2)cc1. The number of hydrogen-bond donors (Lipinski definition) is 0. The van der Waals surface area contributed by atoms with Gasteiger partial charge in [0, 0.05) is 21.4 Å². The summed E-state index contributed by atoms with van der Waals surface area (Å²) in [5, 5.41) is 0. The molecule has 0 saturated heterocycles. The van der Waals surface area contributed by atoms with Crippen LogP contribution in [0.25, 0.3) is 0 Å². The summed E-state index contributed by atoms with van der Waals surface area (Å²) in [6.45, 7) is 2.09. The Kier molecular flexibility index (Phi) is 3.80. The van der Waals surface area contributed by atoms with Gasteiger partial charge >= 0.3 is 0 Å². The van der Waals surface area contributed by atoms with Crippen molar-refractivity contribution in [2.75, 3.05) is 0 Å². The van der Waals surface area contributed by atoms with Gasteiger partial charge in [0.2, 0.25) is 0 Å². The van der Waals surface area contributed by atoms with Gasteiger partial charge in [-0.3, -0.25) is 0 Å². The first kappa shape index (κ1) is 11.7. The van der Waals surface area contributed by atoms with Crippen molar-refractivity contribution < 1.29 is 0 Å². The van der Waals surface area contributed by atoms with Crippen LogP contribution >= 0.6 is 0 Å². The summed E-state index contributed by atoms with van der Waals surface area (Å²) in [4.78, 5) is 0. The van der Waals surface area contributed by atoms with E-state index in [4.69, 9.17) is 0 Å². The van der Waals surface area contributed by atoms with Crippen LogP contribution in [0.1, 0.15) is 22.3 Å². The van der Waals surface area contributed by atoms with E-state index >= 15 is 0 Å². The molecule has 0 aliphatic heterocycles. The molecule has 0 saturated carbocycles. The second kappa shape index (κ2) is 5.52. The first-order valence-corrected chi connectivity index (χ1v) is 7.37. The molecule has 0 atom stereocenters. The third-order valence-corrected chi connectivity index (χ3v) is 3.58. The smallest absolute Gasteiger partial charge is 0.0249 e. The average Bonchev–Trinajstić information content (AvgIpc) is 2.39. The first-order valence-electron chi connectivity index (χ1n) is 5.95. The van der Waals surface area contributed by atoms with Gasteiger partial charge in [-0.1, -0.05) is 47.2 Å². The van der Waals surface area contributed by atoms with Crippen molar-refractivity contribution in [3.05, 3.63) is 70.8 Å². The van der Waals surface area contributed by atoms with Crippen molar-refractivity contribution in [2.24, 2.45) is 0 Å². The van der Waals surface area contributed by atoms with E-state index in [0.29, 0.717) is 0 Å². The zero-order valence-corrected chi connectivity index (χ0v) is 12.3. The van der Waals surface area contributed by atoms with Crippen LogP contribution in [0.15, 0.2) is 48.5 Å². The lowest BCUT2D eigenvalue weighted by Gasteiger charge is -1.95. The van der Waals surface area contributed by atoms with Crippen LogP contribution in [0.3, 0.4) is 0 Å². The predicted molar refractivity (Wildman–Crippen MR) is 77.2 cm³/mol. The molecule has 1 heteroatoms. The molecule has 2 rings (SSSR count). The van der Waals surface area contributed by atoms with Gasteiger partial charge in [-0.25, -0.2) is 0 Å². The maximum absolute atomic E-state index is 3.19. The molecule has 0 nitrogen and oxygen atoms in total. The lowest BCUT2D eigenvalue weighted by Crippen LogP contribution is -1.83. The summed E-state index contributed by atoms with van der Waals surface area (Å²) < 4.78 is 0. The maximum Gasteiger partial charge on any atom is 0.0249 e. The molecule has 2 aromatic rings. The Morgan fingerprint density at radius 1 is 0.824 bits per heavy atom. The minimum absolute atomic E-state index is 1.07. The van der Waals surface area contributed by atoms with E-state index in [0.717, 1.165) is 11.1 Å². The van der Waals surface area contributed by atoms with Crippen LogP contribution in [0, 0.1) is 18.8 Å². The summed E-state index contributed by atoms with van der Waals surface area (Å²) in [5.74, 6) is 6.38. The summed E-state index contributed by atoms with van der Waals surface area (Å²) in [6, 6.07) is 18.1. The minimum Gasteiger partial charge on any atom is -0.0617 e. The van der Waals surface area contributed by atoms with E-state index in [2.05, 4.69) is 67.3 Å². The highest BCUT2D eigenvalue weighted by Crippen LogP contribution is 2.04. The van der Waals surface area contributed by atoms with Gasteiger partial charge in [-0.2, -0.15) is 0 Å². The fraction of sp³-hybridized carbons (Fsp3) is 0.125. The molecule has 0 amide bonds. The van der Waals surface area contributed by atoms with E-state index in [1.54, 1.807) is 0 Å². The van der Waals surface area contributed by atoms with Crippen LogP contribution in [0.5, 0.6) is 0 Å². The molecule has 84 valence electrons. The number of aryl methyl sites for hydroxylation is 1. The third kappa shape index (κ3) is 3.34. The average molecular weight is 236 g/mol. The molecule has 0 aliphatic rings. The Morgan fingerprint density at radius 2 is 1.29 bits per heavy atom. The highest BCUT2D eigenvalue weighted by Gasteiger charge is 1.89. The summed E-state index contributed by atoms with van der Waals surface area (Å²) in [6.07, 6.45) is 0. The number of rotatable bonds is 1. The Balaban J connectivity index is 2.17. The van der Waals surface area contributed by atoms with E-state index in [1.165, 1.54) is 27.4 Å². The third-order valence-electron chi connectivity index (χ3n) is 2.76. The van der Waals surface area contributed by atoms with E-state index < -0.39 is 0 Å². The standard InChI is InChI=1S/C16H16Si/c1-13-2-4-14(5-3-13)6-7-15-8-10-16(12-17)11-9-15/h2-5,8-11H,12H2,1,17H3. The van der Waals surface area contributed by atoms with Crippen molar-refractivity contribution in [3.8, 4) is 11.8 Å². The van der Waals surface area contributed by atoms with Crippen molar-refractivity contribution in [2.45, 2.75) is 13.0 Å². The molecule has 0 N–H and O–H groups in total. The van der Waals surface area contributed by atoms with Crippen molar-refractivity contribution >= 4 is 10.2 Å². The Hall–Kier alpha value is -1.78. The summed E-state index contributed by atoms with van der Waals surface area (Å²) in [7, 11) is 1.22. The molecule has 17 heavy (non-hydrogen) atoms. The van der Waals surface area contributed by atoms with E-state index in [-0.39, 0.29) is 0 Å². The molecular weight excluding hydrogens is 220 g/mol. The second-order valence-corrected chi connectivity index (χ2v) is 4.87. The normalized spacial score (nSPS) is 9.71. The predicted octanol–water partition coefficient (Wildman–Crippen LogP) is 2.26. The van der Waals surface area contributed by atoms with Gasteiger partial charge in [0.15, 0.2) is 0 Å². The Labute approximate surface area is 106 Å². The molecule has 0 aromatic heterocycles. The zero-order chi connectivity index (χ0) is 12.1. The zero-order valence-electron chi connectivity index (χ0n) is 10.3. The van der Waals surface area contributed by atoms with Crippen LogP contribution in [-0.2, 0) is 6.04 Å². The molecule has 0 unspecified atom stereocenters. The topological polar surface area (TPSA) is 0 Å². The van der Waals surface area contributed by atoms with Crippen molar-refractivity contribution in [3.63, 3.8) is 0 Å². The second-order valence-electron chi connectivity index (χ2n) is 4.17. The highest BCUT2D eigenvalue weighted by molar-refractivity contribution is 6.08. The van der Waals surface area contributed by atoms with Gasteiger partial charge in [-0.05, 0) is 37.2 Å². The molecule has 0 heterocycles. The Morgan fingerprint density at radius 3 is 1.76 bits per heavy atom. The maximum atomic E-state index is 3.19. The van der Waals surface area contributed by atoms with Gasteiger partial charge in [0.1, 0.15) is 0 Å². The van der Waals surface area contributed by atoms with Gasteiger partial charge in [-0.15, -0.1) is 0 Å². The fourth-order valence-corrected chi connectivity index (χ4v) is 2.08. The molecule has 0 radical (unpaired) electrons. The first-order chi connectivity index (χ1) is 8.28. The monoisotopic (exact) mass is 236 g/mol. The van der Waals surface area contributed by atoms with E-state index in [9.17, 15) is 0 Å². The number of hydrogen-bond acceptors (Lipinski definition) is 0. The van der Waals surface area contributed by atoms with Gasteiger partial charge in [0.25, 0.3) is 0 Å². The van der Waals surface area contributed by atoms with E-state index in [1.807, 2.05) is 0 Å². The molecule has 0 bridgehead atoms. The van der Waals surface area contributed by atoms with Crippen LogP contribution in [-0.4, -0.2) is 10.2 Å². The highest BCUT2D eigenvalue weighted by atomic mass is 28.1. The van der Waals surface area contributed by atoms with Gasteiger partial charge in [0.05, 0.1) is 0 Å². The Bertz CT molecular complexity index is 539. The largest absolute Gasteiger partial charge is 0.0617 e. The lowest BCUT2D eigenvalue weighted by molar-refractivity contribution is 1.39. The quantitative estimate of drug-likeness (QED) is 0.526. The fourth-order valence-electron chi connectivity index (χ4n) is 1.61. The number of benzene rings is 2. The van der Waals surface area contributed by atoms with Crippen molar-refractivity contribution in [1.82, 2.24) is 0 Å². The van der Waals surface area contributed by atoms with Crippen LogP contribution in [0.4, 0.5) is 0 Å².